The first-order valence-corrected chi connectivity index (χ1v) is 7.41. The standard InChI is InChI=1S/C15H19FN2S/c1-3-7-17-10-14-11(2)18-15(19-14)9-12-5-4-6-13(16)8-12/h4-6,8,17H,3,7,9-10H2,1-2H3. The van der Waals surface area contributed by atoms with Crippen LogP contribution in [0.3, 0.4) is 0 Å². The first-order valence-electron chi connectivity index (χ1n) is 6.59. The lowest BCUT2D eigenvalue weighted by molar-refractivity contribution is 0.626. The van der Waals surface area contributed by atoms with E-state index >= 15 is 0 Å². The Morgan fingerprint density at radius 1 is 1.37 bits per heavy atom. The van der Waals surface area contributed by atoms with Crippen LogP contribution in [0.15, 0.2) is 24.3 Å². The zero-order chi connectivity index (χ0) is 13.7. The summed E-state index contributed by atoms with van der Waals surface area (Å²) in [6.07, 6.45) is 1.84. The van der Waals surface area contributed by atoms with E-state index in [0.29, 0.717) is 6.42 Å². The first kappa shape index (κ1) is 14.2. The Morgan fingerprint density at radius 3 is 2.95 bits per heavy atom. The van der Waals surface area contributed by atoms with Crippen molar-refractivity contribution in [3.8, 4) is 0 Å². The SMILES string of the molecule is CCCNCc1sc(Cc2cccc(F)c2)nc1C. The van der Waals surface area contributed by atoms with Gasteiger partial charge in [-0.15, -0.1) is 11.3 Å². The van der Waals surface area contributed by atoms with Gasteiger partial charge in [-0.2, -0.15) is 0 Å². The zero-order valence-electron chi connectivity index (χ0n) is 11.4. The topological polar surface area (TPSA) is 24.9 Å². The third-order valence-electron chi connectivity index (χ3n) is 2.89. The van der Waals surface area contributed by atoms with Gasteiger partial charge in [0.1, 0.15) is 5.82 Å². The summed E-state index contributed by atoms with van der Waals surface area (Å²) in [7, 11) is 0. The molecule has 0 saturated carbocycles. The van der Waals surface area contributed by atoms with Crippen LogP contribution in [0.1, 0.15) is 34.5 Å². The zero-order valence-corrected chi connectivity index (χ0v) is 12.2. The van der Waals surface area contributed by atoms with Crippen molar-refractivity contribution in [3.05, 3.63) is 51.2 Å². The summed E-state index contributed by atoms with van der Waals surface area (Å²) >= 11 is 1.71. The molecule has 2 aromatic rings. The van der Waals surface area contributed by atoms with Gasteiger partial charge in [-0.25, -0.2) is 9.37 Å². The average molecular weight is 278 g/mol. The maximum absolute atomic E-state index is 13.1. The Hall–Kier alpha value is -1.26. The van der Waals surface area contributed by atoms with Gasteiger partial charge < -0.3 is 5.32 Å². The molecule has 0 atom stereocenters. The molecule has 0 unspecified atom stereocenters. The second-order valence-corrected chi connectivity index (χ2v) is 5.77. The molecular formula is C15H19FN2S. The predicted molar refractivity (Wildman–Crippen MR) is 78.1 cm³/mol. The molecule has 19 heavy (non-hydrogen) atoms. The van der Waals surface area contributed by atoms with Crippen molar-refractivity contribution in [3.63, 3.8) is 0 Å². The molecule has 1 aromatic heterocycles. The molecule has 0 amide bonds. The maximum Gasteiger partial charge on any atom is 0.123 e. The maximum atomic E-state index is 13.1. The Morgan fingerprint density at radius 2 is 2.21 bits per heavy atom. The number of thiazole rings is 1. The van der Waals surface area contributed by atoms with Gasteiger partial charge in [0.25, 0.3) is 0 Å². The number of rotatable bonds is 6. The second-order valence-electron chi connectivity index (χ2n) is 4.60. The first-order chi connectivity index (χ1) is 9.19. The molecule has 0 aliphatic rings. The van der Waals surface area contributed by atoms with Gasteiger partial charge in [-0.05, 0) is 37.6 Å². The van der Waals surface area contributed by atoms with E-state index in [-0.39, 0.29) is 5.82 Å². The molecule has 2 rings (SSSR count). The third-order valence-corrected chi connectivity index (χ3v) is 4.05. The van der Waals surface area contributed by atoms with Crippen molar-refractivity contribution < 1.29 is 4.39 Å². The molecule has 0 bridgehead atoms. The molecule has 1 aromatic carbocycles. The molecule has 1 heterocycles. The molecular weight excluding hydrogens is 259 g/mol. The van der Waals surface area contributed by atoms with Crippen LogP contribution in [0.25, 0.3) is 0 Å². The summed E-state index contributed by atoms with van der Waals surface area (Å²) in [5.74, 6) is -0.185. The fourth-order valence-corrected chi connectivity index (χ4v) is 3.00. The van der Waals surface area contributed by atoms with Gasteiger partial charge in [-0.1, -0.05) is 19.1 Å². The number of benzene rings is 1. The highest BCUT2D eigenvalue weighted by Gasteiger charge is 2.08. The van der Waals surface area contributed by atoms with Crippen molar-refractivity contribution in [2.75, 3.05) is 6.54 Å². The van der Waals surface area contributed by atoms with Crippen LogP contribution in [0.5, 0.6) is 0 Å². The number of nitrogens with one attached hydrogen (secondary N) is 1. The summed E-state index contributed by atoms with van der Waals surface area (Å²) in [5.41, 5.74) is 2.06. The van der Waals surface area contributed by atoms with Gasteiger partial charge in [0.15, 0.2) is 0 Å². The monoisotopic (exact) mass is 278 g/mol. The van der Waals surface area contributed by atoms with E-state index in [1.807, 2.05) is 13.0 Å². The minimum Gasteiger partial charge on any atom is -0.312 e. The van der Waals surface area contributed by atoms with Crippen LogP contribution in [0.4, 0.5) is 4.39 Å². The quantitative estimate of drug-likeness (QED) is 0.815. The van der Waals surface area contributed by atoms with Gasteiger partial charge >= 0.3 is 0 Å². The molecule has 4 heteroatoms. The number of hydrogen-bond donors (Lipinski definition) is 1. The van der Waals surface area contributed by atoms with Crippen LogP contribution in [-0.2, 0) is 13.0 Å². The Balaban J connectivity index is 2.03. The van der Waals surface area contributed by atoms with Crippen molar-refractivity contribution in [2.24, 2.45) is 0 Å². The van der Waals surface area contributed by atoms with Gasteiger partial charge in [0.2, 0.25) is 0 Å². The van der Waals surface area contributed by atoms with Gasteiger partial charge in [-0.3, -0.25) is 0 Å². The fourth-order valence-electron chi connectivity index (χ4n) is 1.93. The lowest BCUT2D eigenvalue weighted by atomic mass is 10.1. The number of halogens is 1. The van der Waals surface area contributed by atoms with E-state index in [9.17, 15) is 4.39 Å². The van der Waals surface area contributed by atoms with E-state index in [4.69, 9.17) is 0 Å². The summed E-state index contributed by atoms with van der Waals surface area (Å²) in [5, 5.41) is 4.44. The smallest absolute Gasteiger partial charge is 0.123 e. The minimum atomic E-state index is -0.185. The number of nitrogens with zero attached hydrogens (tertiary/aromatic N) is 1. The van der Waals surface area contributed by atoms with Gasteiger partial charge in [0, 0.05) is 17.8 Å². The van der Waals surface area contributed by atoms with E-state index < -0.39 is 0 Å². The number of aryl methyl sites for hydroxylation is 1. The van der Waals surface area contributed by atoms with Crippen LogP contribution in [-0.4, -0.2) is 11.5 Å². The summed E-state index contributed by atoms with van der Waals surface area (Å²) in [6, 6.07) is 6.73. The summed E-state index contributed by atoms with van der Waals surface area (Å²) in [4.78, 5) is 5.85. The predicted octanol–water partition coefficient (Wildman–Crippen LogP) is 3.68. The largest absolute Gasteiger partial charge is 0.312 e. The summed E-state index contributed by atoms with van der Waals surface area (Å²) < 4.78 is 13.1. The van der Waals surface area contributed by atoms with Crippen molar-refractivity contribution >= 4 is 11.3 Å². The van der Waals surface area contributed by atoms with Crippen molar-refractivity contribution in [2.45, 2.75) is 33.2 Å². The molecule has 102 valence electrons. The Bertz CT molecular complexity index is 537. The van der Waals surface area contributed by atoms with Gasteiger partial charge in [0.05, 0.1) is 10.7 Å². The van der Waals surface area contributed by atoms with E-state index in [0.717, 1.165) is 35.8 Å². The summed E-state index contributed by atoms with van der Waals surface area (Å²) in [6.45, 7) is 6.09. The highest BCUT2D eigenvalue weighted by Crippen LogP contribution is 2.21. The van der Waals surface area contributed by atoms with Crippen molar-refractivity contribution in [1.29, 1.82) is 0 Å². The third kappa shape index (κ3) is 4.11. The molecule has 0 fully saturated rings. The van der Waals surface area contributed by atoms with E-state index in [1.54, 1.807) is 23.5 Å². The normalized spacial score (nSPS) is 10.9. The van der Waals surface area contributed by atoms with Crippen LogP contribution < -0.4 is 5.32 Å². The lowest BCUT2D eigenvalue weighted by Gasteiger charge is -2.00. The second kappa shape index (κ2) is 6.78. The molecule has 2 nitrogen and oxygen atoms in total. The van der Waals surface area contributed by atoms with E-state index in [1.165, 1.54) is 10.9 Å². The Labute approximate surface area is 117 Å². The fraction of sp³-hybridized carbons (Fsp3) is 0.400. The molecule has 0 saturated heterocycles. The average Bonchev–Trinajstić information content (AvgIpc) is 2.70. The highest BCUT2D eigenvalue weighted by molar-refractivity contribution is 7.11. The van der Waals surface area contributed by atoms with E-state index in [2.05, 4.69) is 17.2 Å². The lowest BCUT2D eigenvalue weighted by Crippen LogP contribution is -2.13. The Kier molecular flexibility index (Phi) is 5.05. The molecule has 0 aliphatic carbocycles. The molecule has 0 aliphatic heterocycles. The van der Waals surface area contributed by atoms with Crippen molar-refractivity contribution in [1.82, 2.24) is 10.3 Å². The number of hydrogen-bond acceptors (Lipinski definition) is 3. The molecule has 0 radical (unpaired) electrons. The number of aromatic nitrogens is 1. The minimum absolute atomic E-state index is 0.185. The van der Waals surface area contributed by atoms with Crippen LogP contribution in [0.2, 0.25) is 0 Å². The van der Waals surface area contributed by atoms with Crippen LogP contribution in [0, 0.1) is 12.7 Å². The molecule has 1 N–H and O–H groups in total. The molecule has 0 spiro atoms. The van der Waals surface area contributed by atoms with Crippen LogP contribution >= 0.6 is 11.3 Å². The highest BCUT2D eigenvalue weighted by atomic mass is 32.1.